The van der Waals surface area contributed by atoms with Gasteiger partial charge in [0, 0.05) is 6.54 Å². The van der Waals surface area contributed by atoms with Gasteiger partial charge >= 0.3 is 0 Å². The van der Waals surface area contributed by atoms with E-state index < -0.39 is 0 Å². The molecular formula is C14H19N3O3. The van der Waals surface area contributed by atoms with Crippen molar-refractivity contribution in [3.8, 4) is 5.75 Å². The number of nitrogens with one attached hydrogen (secondary N) is 1. The maximum atomic E-state index is 11.9. The summed E-state index contributed by atoms with van der Waals surface area (Å²) in [5.41, 5.74) is 6.79. The quantitative estimate of drug-likeness (QED) is 0.619. The maximum Gasteiger partial charge on any atom is 0.265 e. The molecule has 0 atom stereocenters. The third kappa shape index (κ3) is 3.01. The van der Waals surface area contributed by atoms with Gasteiger partial charge in [-0.15, -0.1) is 0 Å². The van der Waals surface area contributed by atoms with E-state index in [1.807, 2.05) is 0 Å². The number of rotatable bonds is 5. The van der Waals surface area contributed by atoms with Crippen molar-refractivity contribution in [3.63, 3.8) is 0 Å². The average Bonchev–Trinajstić information content (AvgIpc) is 2.42. The van der Waals surface area contributed by atoms with Crippen molar-refractivity contribution < 1.29 is 14.3 Å². The monoisotopic (exact) mass is 277 g/mol. The minimum Gasteiger partial charge on any atom is -0.481 e. The second kappa shape index (κ2) is 6.27. The van der Waals surface area contributed by atoms with Gasteiger partial charge in [-0.3, -0.25) is 14.5 Å². The van der Waals surface area contributed by atoms with Crippen LogP contribution in [0.4, 0.5) is 11.4 Å². The smallest absolute Gasteiger partial charge is 0.265 e. The molecule has 0 bridgehead atoms. The van der Waals surface area contributed by atoms with Gasteiger partial charge in [-0.25, -0.2) is 0 Å². The van der Waals surface area contributed by atoms with Gasteiger partial charge in [-0.1, -0.05) is 19.4 Å². The zero-order chi connectivity index (χ0) is 14.5. The molecule has 0 unspecified atom stereocenters. The summed E-state index contributed by atoms with van der Waals surface area (Å²) in [5.74, 6) is 0.0786. The second-order valence-corrected chi connectivity index (χ2v) is 4.67. The van der Waals surface area contributed by atoms with Gasteiger partial charge in [0.2, 0.25) is 5.91 Å². The highest BCUT2D eigenvalue weighted by molar-refractivity contribution is 6.04. The summed E-state index contributed by atoms with van der Waals surface area (Å²) >= 11 is 0. The Morgan fingerprint density at radius 1 is 1.50 bits per heavy atom. The van der Waals surface area contributed by atoms with Crippen molar-refractivity contribution in [3.05, 3.63) is 18.2 Å². The number of nitrogen functional groups attached to an aromatic ring is 1. The van der Waals surface area contributed by atoms with Crippen molar-refractivity contribution in [1.82, 2.24) is 5.32 Å². The number of carbonyl (C=O) groups is 2. The first-order valence-corrected chi connectivity index (χ1v) is 6.71. The lowest BCUT2D eigenvalue weighted by molar-refractivity contribution is -0.125. The van der Waals surface area contributed by atoms with E-state index in [1.54, 1.807) is 18.2 Å². The Morgan fingerprint density at radius 3 is 3.05 bits per heavy atom. The number of nitrogens with two attached hydrogens (primary N) is 1. The molecule has 108 valence electrons. The van der Waals surface area contributed by atoms with E-state index in [-0.39, 0.29) is 25.0 Å². The molecule has 1 aromatic rings. The normalized spacial score (nSPS) is 13.7. The number of amides is 2. The summed E-state index contributed by atoms with van der Waals surface area (Å²) in [7, 11) is 0. The number of hydrogen-bond acceptors (Lipinski definition) is 4. The highest BCUT2D eigenvalue weighted by Gasteiger charge is 2.28. The van der Waals surface area contributed by atoms with Crippen LogP contribution in [-0.4, -0.2) is 31.5 Å². The summed E-state index contributed by atoms with van der Waals surface area (Å²) < 4.78 is 5.32. The third-order valence-electron chi connectivity index (χ3n) is 3.11. The largest absolute Gasteiger partial charge is 0.481 e. The molecule has 2 rings (SSSR count). The molecule has 0 spiro atoms. The van der Waals surface area contributed by atoms with Crippen LogP contribution in [0.1, 0.15) is 19.8 Å². The molecule has 1 heterocycles. The fraction of sp³-hybridized carbons (Fsp3) is 0.429. The summed E-state index contributed by atoms with van der Waals surface area (Å²) in [6.07, 6.45) is 1.92. The van der Waals surface area contributed by atoms with E-state index in [2.05, 4.69) is 12.2 Å². The Kier molecular flexibility index (Phi) is 4.45. The second-order valence-electron chi connectivity index (χ2n) is 4.67. The maximum absolute atomic E-state index is 11.9. The lowest BCUT2D eigenvalue weighted by Gasteiger charge is -2.29. The Morgan fingerprint density at radius 2 is 2.30 bits per heavy atom. The molecule has 0 fully saturated rings. The van der Waals surface area contributed by atoms with Crippen LogP contribution in [0.5, 0.6) is 5.75 Å². The fourth-order valence-corrected chi connectivity index (χ4v) is 2.06. The lowest BCUT2D eigenvalue weighted by Crippen LogP contribution is -2.45. The van der Waals surface area contributed by atoms with E-state index in [1.165, 1.54) is 4.90 Å². The van der Waals surface area contributed by atoms with E-state index in [9.17, 15) is 9.59 Å². The predicted octanol–water partition coefficient (Wildman–Crippen LogP) is 0.911. The highest BCUT2D eigenvalue weighted by Crippen LogP contribution is 2.36. The minimum atomic E-state index is -0.263. The Labute approximate surface area is 117 Å². The van der Waals surface area contributed by atoms with Crippen molar-refractivity contribution in [1.29, 1.82) is 0 Å². The number of anilines is 2. The molecule has 0 aliphatic carbocycles. The van der Waals surface area contributed by atoms with Crippen LogP contribution in [0.25, 0.3) is 0 Å². The number of para-hydroxylation sites is 1. The SMILES string of the molecule is CCCCNC(=O)CN1C(=O)COc2cccc(N)c21. The molecule has 0 aromatic heterocycles. The van der Waals surface area contributed by atoms with Gasteiger partial charge < -0.3 is 15.8 Å². The Hall–Kier alpha value is -2.24. The molecule has 0 radical (unpaired) electrons. The average molecular weight is 277 g/mol. The van der Waals surface area contributed by atoms with Crippen molar-refractivity contribution >= 4 is 23.2 Å². The number of fused-ring (bicyclic) bond motifs is 1. The van der Waals surface area contributed by atoms with Gasteiger partial charge in [0.25, 0.3) is 5.91 Å². The molecule has 20 heavy (non-hydrogen) atoms. The van der Waals surface area contributed by atoms with E-state index in [0.717, 1.165) is 12.8 Å². The molecule has 0 saturated carbocycles. The molecule has 2 amide bonds. The summed E-state index contributed by atoms with van der Waals surface area (Å²) in [5, 5.41) is 2.79. The zero-order valence-electron chi connectivity index (χ0n) is 11.5. The van der Waals surface area contributed by atoms with Gasteiger partial charge in [0.1, 0.15) is 18.0 Å². The van der Waals surface area contributed by atoms with Crippen molar-refractivity contribution in [2.45, 2.75) is 19.8 Å². The molecule has 3 N–H and O–H groups in total. The van der Waals surface area contributed by atoms with Crippen molar-refractivity contribution in [2.75, 3.05) is 30.3 Å². The van der Waals surface area contributed by atoms with Crippen LogP contribution in [-0.2, 0) is 9.59 Å². The lowest BCUT2D eigenvalue weighted by atomic mass is 10.2. The van der Waals surface area contributed by atoms with Crippen molar-refractivity contribution in [2.24, 2.45) is 0 Å². The van der Waals surface area contributed by atoms with E-state index >= 15 is 0 Å². The first-order valence-electron chi connectivity index (χ1n) is 6.71. The Balaban J connectivity index is 2.11. The number of carbonyl (C=O) groups excluding carboxylic acids is 2. The fourth-order valence-electron chi connectivity index (χ4n) is 2.06. The van der Waals surface area contributed by atoms with Gasteiger partial charge in [0.15, 0.2) is 6.61 Å². The standard InChI is InChI=1S/C14H19N3O3/c1-2-3-7-16-12(18)8-17-13(19)9-20-11-6-4-5-10(15)14(11)17/h4-6H,2-3,7-9,15H2,1H3,(H,16,18). The first-order chi connectivity index (χ1) is 9.63. The van der Waals surface area contributed by atoms with Crippen LogP contribution < -0.4 is 20.7 Å². The molecule has 1 aliphatic heterocycles. The highest BCUT2D eigenvalue weighted by atomic mass is 16.5. The van der Waals surface area contributed by atoms with Crippen LogP contribution in [0.3, 0.4) is 0 Å². The summed E-state index contributed by atoms with van der Waals surface area (Å²) in [6.45, 7) is 2.56. The summed E-state index contributed by atoms with van der Waals surface area (Å²) in [6, 6.07) is 5.17. The van der Waals surface area contributed by atoms with E-state index in [0.29, 0.717) is 23.7 Å². The number of unbranched alkanes of at least 4 members (excludes halogenated alkanes) is 1. The Bertz CT molecular complexity index is 516. The molecular weight excluding hydrogens is 258 g/mol. The predicted molar refractivity (Wildman–Crippen MR) is 76.6 cm³/mol. The zero-order valence-corrected chi connectivity index (χ0v) is 11.5. The topological polar surface area (TPSA) is 84.7 Å². The summed E-state index contributed by atoms with van der Waals surface area (Å²) in [4.78, 5) is 25.2. The van der Waals surface area contributed by atoms with Crippen LogP contribution in [0.2, 0.25) is 0 Å². The molecule has 6 nitrogen and oxygen atoms in total. The van der Waals surface area contributed by atoms with Crippen LogP contribution in [0, 0.1) is 0 Å². The third-order valence-corrected chi connectivity index (χ3v) is 3.11. The molecule has 0 saturated heterocycles. The molecule has 1 aliphatic rings. The van der Waals surface area contributed by atoms with Gasteiger partial charge in [0.05, 0.1) is 5.69 Å². The minimum absolute atomic E-state index is 0.0346. The number of ether oxygens (including phenoxy) is 1. The van der Waals surface area contributed by atoms with Gasteiger partial charge in [-0.2, -0.15) is 0 Å². The first kappa shape index (κ1) is 14.2. The van der Waals surface area contributed by atoms with E-state index in [4.69, 9.17) is 10.5 Å². The molecule has 1 aromatic carbocycles. The van der Waals surface area contributed by atoms with Crippen LogP contribution >= 0.6 is 0 Å². The number of benzene rings is 1. The van der Waals surface area contributed by atoms with Gasteiger partial charge in [-0.05, 0) is 18.6 Å². The molecule has 6 heteroatoms. The van der Waals surface area contributed by atoms with Crippen LogP contribution in [0.15, 0.2) is 18.2 Å². The number of hydrogen-bond donors (Lipinski definition) is 2. The number of nitrogens with zero attached hydrogens (tertiary/aromatic N) is 1.